The molecule has 12 rings (SSSR count). The van der Waals surface area contributed by atoms with Crippen LogP contribution in [0.1, 0.15) is 0 Å². The molecule has 0 N–H and O–H groups in total. The molecule has 3 heterocycles. The van der Waals surface area contributed by atoms with Crippen LogP contribution in [0.25, 0.3) is 111 Å². The van der Waals surface area contributed by atoms with Gasteiger partial charge >= 0.3 is 0 Å². The van der Waals surface area contributed by atoms with Crippen LogP contribution in [0.3, 0.4) is 0 Å². The molecule has 0 aliphatic heterocycles. The maximum Gasteiger partial charge on any atom is 0.235 e. The van der Waals surface area contributed by atoms with Gasteiger partial charge in [0.2, 0.25) is 5.95 Å². The second-order valence-corrected chi connectivity index (χ2v) is 15.8. The first kappa shape index (κ1) is 35.6. The maximum atomic E-state index is 5.41. The van der Waals surface area contributed by atoms with E-state index < -0.39 is 0 Å². The van der Waals surface area contributed by atoms with E-state index in [-0.39, 0.29) is 0 Å². The van der Waals surface area contributed by atoms with Crippen LogP contribution < -0.4 is 0 Å². The topological polar surface area (TPSA) is 35.6 Å². The highest BCUT2D eigenvalue weighted by molar-refractivity contribution is 6.12. The van der Waals surface area contributed by atoms with Gasteiger partial charge in [0.05, 0.1) is 33.5 Å². The molecule has 3 aromatic heterocycles. The van der Waals surface area contributed by atoms with E-state index in [0.29, 0.717) is 5.95 Å². The molecule has 0 spiro atoms. The van der Waals surface area contributed by atoms with Crippen molar-refractivity contribution in [3.63, 3.8) is 0 Å². The van der Waals surface area contributed by atoms with Gasteiger partial charge in [-0.2, -0.15) is 0 Å². The van der Waals surface area contributed by atoms with Crippen LogP contribution >= 0.6 is 0 Å². The minimum absolute atomic E-state index is 0.625. The van der Waals surface area contributed by atoms with Crippen LogP contribution in [0.5, 0.6) is 0 Å². The van der Waals surface area contributed by atoms with Crippen LogP contribution in [0.2, 0.25) is 0 Å². The molecule has 0 saturated heterocycles. The van der Waals surface area contributed by atoms with E-state index in [0.717, 1.165) is 72.3 Å². The highest BCUT2D eigenvalue weighted by atomic mass is 15.2. The predicted molar refractivity (Wildman–Crippen MR) is 258 cm³/mol. The Morgan fingerprint density at radius 2 is 0.677 bits per heavy atom. The standard InChI is InChI=1S/C58H38N4/c1-4-16-39(17-5-1)41-20-14-22-45(34-41)52-38-53(46-23-15-21-42(35-46)40-18-6-2-7-19-40)60-58(59-52)62-55-29-13-11-27-49(55)51-36-43(31-33-56(51)62)44-30-32-50-48-26-10-12-28-54(48)61(57(50)37-44)47-24-8-3-9-25-47/h1-38H. The number of para-hydroxylation sites is 3. The number of rotatable bonds is 7. The molecule has 0 fully saturated rings. The van der Waals surface area contributed by atoms with Crippen LogP contribution in [-0.2, 0) is 0 Å². The normalized spacial score (nSPS) is 11.5. The first-order chi connectivity index (χ1) is 30.7. The smallest absolute Gasteiger partial charge is 0.235 e. The molecule has 0 aliphatic rings. The van der Waals surface area contributed by atoms with Gasteiger partial charge in [-0.25, -0.2) is 9.97 Å². The predicted octanol–water partition coefficient (Wildman–Crippen LogP) is 15.0. The van der Waals surface area contributed by atoms with Crippen molar-refractivity contribution >= 4 is 43.6 Å². The lowest BCUT2D eigenvalue weighted by atomic mass is 9.99. The van der Waals surface area contributed by atoms with Crippen LogP contribution in [0.4, 0.5) is 0 Å². The van der Waals surface area contributed by atoms with Gasteiger partial charge in [0.15, 0.2) is 0 Å². The first-order valence-corrected chi connectivity index (χ1v) is 21.1. The summed E-state index contributed by atoms with van der Waals surface area (Å²) in [5, 5.41) is 4.78. The highest BCUT2D eigenvalue weighted by Crippen LogP contribution is 2.39. The van der Waals surface area contributed by atoms with Gasteiger partial charge in [0.25, 0.3) is 0 Å². The average molecular weight is 791 g/mol. The number of aromatic nitrogens is 4. The Morgan fingerprint density at radius 3 is 1.31 bits per heavy atom. The van der Waals surface area contributed by atoms with E-state index in [1.54, 1.807) is 0 Å². The summed E-state index contributed by atoms with van der Waals surface area (Å²) in [5.41, 5.74) is 16.3. The van der Waals surface area contributed by atoms with Crippen molar-refractivity contribution < 1.29 is 0 Å². The Bertz CT molecular complexity index is 3520. The van der Waals surface area contributed by atoms with E-state index >= 15 is 0 Å². The fourth-order valence-corrected chi connectivity index (χ4v) is 9.18. The van der Waals surface area contributed by atoms with Gasteiger partial charge < -0.3 is 4.57 Å². The summed E-state index contributed by atoms with van der Waals surface area (Å²) in [6, 6.07) is 82.2. The number of fused-ring (bicyclic) bond motifs is 6. The van der Waals surface area contributed by atoms with Gasteiger partial charge in [-0.3, -0.25) is 4.57 Å². The molecule has 0 amide bonds. The zero-order chi connectivity index (χ0) is 41.0. The summed E-state index contributed by atoms with van der Waals surface area (Å²) in [6.07, 6.45) is 0. The monoisotopic (exact) mass is 790 g/mol. The zero-order valence-electron chi connectivity index (χ0n) is 33.7. The van der Waals surface area contributed by atoms with Crippen LogP contribution in [-0.4, -0.2) is 19.1 Å². The lowest BCUT2D eigenvalue weighted by molar-refractivity contribution is 0.996. The minimum atomic E-state index is 0.625. The molecule has 0 aliphatic carbocycles. The molecule has 0 radical (unpaired) electrons. The first-order valence-electron chi connectivity index (χ1n) is 21.1. The summed E-state index contributed by atoms with van der Waals surface area (Å²) in [4.78, 5) is 10.8. The molecule has 290 valence electrons. The van der Waals surface area contributed by atoms with E-state index in [9.17, 15) is 0 Å². The Kier molecular flexibility index (Phi) is 8.46. The Hall–Kier alpha value is -8.34. The summed E-state index contributed by atoms with van der Waals surface area (Å²) in [6.45, 7) is 0. The molecular weight excluding hydrogens is 753 g/mol. The molecule has 12 aromatic rings. The average Bonchev–Trinajstić information content (AvgIpc) is 3.87. The second-order valence-electron chi connectivity index (χ2n) is 15.8. The molecule has 0 saturated carbocycles. The van der Waals surface area contributed by atoms with E-state index in [2.05, 4.69) is 240 Å². The second kappa shape index (κ2) is 14.7. The maximum absolute atomic E-state index is 5.41. The van der Waals surface area contributed by atoms with Gasteiger partial charge in [0.1, 0.15) is 0 Å². The van der Waals surface area contributed by atoms with E-state index in [1.165, 1.54) is 32.9 Å². The Morgan fingerprint density at radius 1 is 0.242 bits per heavy atom. The van der Waals surface area contributed by atoms with E-state index in [4.69, 9.17) is 9.97 Å². The van der Waals surface area contributed by atoms with Gasteiger partial charge in [-0.05, 0) is 94.0 Å². The molecule has 4 heteroatoms. The number of benzene rings is 9. The molecule has 9 aromatic carbocycles. The van der Waals surface area contributed by atoms with Crippen LogP contribution in [0.15, 0.2) is 231 Å². The zero-order valence-corrected chi connectivity index (χ0v) is 33.7. The molecule has 4 nitrogen and oxygen atoms in total. The summed E-state index contributed by atoms with van der Waals surface area (Å²) >= 11 is 0. The van der Waals surface area contributed by atoms with E-state index in [1.807, 2.05) is 0 Å². The molecule has 0 atom stereocenters. The third-order valence-corrected chi connectivity index (χ3v) is 12.1. The Labute approximate surface area is 359 Å². The molecule has 0 bridgehead atoms. The highest BCUT2D eigenvalue weighted by Gasteiger charge is 2.19. The van der Waals surface area contributed by atoms with Gasteiger partial charge in [0, 0.05) is 38.4 Å². The summed E-state index contributed by atoms with van der Waals surface area (Å²) in [7, 11) is 0. The third kappa shape index (κ3) is 6.08. The van der Waals surface area contributed by atoms with Crippen LogP contribution in [0, 0.1) is 0 Å². The van der Waals surface area contributed by atoms with Crippen molar-refractivity contribution in [1.82, 2.24) is 19.1 Å². The molecule has 62 heavy (non-hydrogen) atoms. The lowest BCUT2D eigenvalue weighted by Gasteiger charge is -2.13. The van der Waals surface area contributed by atoms with Crippen molar-refractivity contribution in [2.75, 3.05) is 0 Å². The van der Waals surface area contributed by atoms with Crippen molar-refractivity contribution in [3.05, 3.63) is 231 Å². The van der Waals surface area contributed by atoms with Gasteiger partial charge in [-0.1, -0.05) is 170 Å². The minimum Gasteiger partial charge on any atom is -0.309 e. The van der Waals surface area contributed by atoms with Crippen molar-refractivity contribution in [2.24, 2.45) is 0 Å². The summed E-state index contributed by atoms with van der Waals surface area (Å²) in [5.74, 6) is 0.625. The Balaban J connectivity index is 1.05. The van der Waals surface area contributed by atoms with Crippen molar-refractivity contribution in [2.45, 2.75) is 0 Å². The fraction of sp³-hybridized carbons (Fsp3) is 0. The van der Waals surface area contributed by atoms with Crippen molar-refractivity contribution in [3.8, 4) is 67.5 Å². The lowest BCUT2D eigenvalue weighted by Crippen LogP contribution is -2.04. The molecule has 0 unspecified atom stereocenters. The molecular formula is C58H38N4. The van der Waals surface area contributed by atoms with Crippen molar-refractivity contribution in [1.29, 1.82) is 0 Å². The number of nitrogens with zero attached hydrogens (tertiary/aromatic N) is 4. The SMILES string of the molecule is c1ccc(-c2cccc(-c3cc(-c4cccc(-c5ccccc5)c4)nc(-n4c5ccccc5c5cc(-c6ccc7c8ccccc8n(-c8ccccc8)c7c6)ccc54)n3)c2)cc1. The quantitative estimate of drug-likeness (QED) is 0.161. The van der Waals surface area contributed by atoms with Gasteiger partial charge in [-0.15, -0.1) is 0 Å². The number of hydrogen-bond acceptors (Lipinski definition) is 2. The largest absolute Gasteiger partial charge is 0.309 e. The fourth-order valence-electron chi connectivity index (χ4n) is 9.18. The number of hydrogen-bond donors (Lipinski definition) is 0. The third-order valence-electron chi connectivity index (χ3n) is 12.1. The summed E-state index contributed by atoms with van der Waals surface area (Å²) < 4.78 is 4.62.